The predicted molar refractivity (Wildman–Crippen MR) is 98.9 cm³/mol. The number of fused-ring (bicyclic) bond motifs is 1. The van der Waals surface area contributed by atoms with Gasteiger partial charge in [0, 0.05) is 24.3 Å². The highest BCUT2D eigenvalue weighted by Gasteiger charge is 2.14. The summed E-state index contributed by atoms with van der Waals surface area (Å²) in [5, 5.41) is 8.49. The molecule has 0 unspecified atom stereocenters. The molecule has 130 valence electrons. The molecule has 25 heavy (non-hydrogen) atoms. The zero-order valence-electron chi connectivity index (χ0n) is 14.2. The topological polar surface area (TPSA) is 70.2 Å². The van der Waals surface area contributed by atoms with E-state index in [9.17, 15) is 9.59 Å². The van der Waals surface area contributed by atoms with Crippen LogP contribution in [0.2, 0.25) is 0 Å². The third-order valence-electron chi connectivity index (χ3n) is 4.38. The van der Waals surface area contributed by atoms with Crippen molar-refractivity contribution in [1.82, 2.24) is 10.6 Å². The number of urea groups is 1. The largest absolute Gasteiger partial charge is 0.350 e. The first-order chi connectivity index (χ1) is 12.2. The molecule has 0 aromatic heterocycles. The molecule has 0 atom stereocenters. The van der Waals surface area contributed by atoms with Crippen LogP contribution < -0.4 is 16.0 Å². The normalized spacial score (nSPS) is 12.8. The first kappa shape index (κ1) is 17.0. The minimum absolute atomic E-state index is 0.139. The quantitative estimate of drug-likeness (QED) is 0.734. The standard InChI is InChI=1S/C20H23N3O2/c24-19(16-8-2-1-3-9-16)21-13-14-22-20(25)23-18-12-6-10-15-7-4-5-11-17(15)18/h1-3,6,8-10,12H,4-5,7,11,13-14H2,(H,21,24)(H2,22,23,25). The van der Waals surface area contributed by atoms with Gasteiger partial charge in [-0.05, 0) is 55.0 Å². The number of aryl methyl sites for hydroxylation is 1. The van der Waals surface area contributed by atoms with Crippen molar-refractivity contribution in [2.24, 2.45) is 0 Å². The Morgan fingerprint density at radius 2 is 1.60 bits per heavy atom. The van der Waals surface area contributed by atoms with Crippen LogP contribution in [0.3, 0.4) is 0 Å². The molecule has 0 fully saturated rings. The highest BCUT2D eigenvalue weighted by Crippen LogP contribution is 2.27. The second-order valence-electron chi connectivity index (χ2n) is 6.15. The van der Waals surface area contributed by atoms with E-state index in [2.05, 4.69) is 22.0 Å². The second-order valence-corrected chi connectivity index (χ2v) is 6.15. The summed E-state index contributed by atoms with van der Waals surface area (Å²) in [6, 6.07) is 14.8. The van der Waals surface area contributed by atoms with E-state index in [1.165, 1.54) is 24.0 Å². The van der Waals surface area contributed by atoms with Crippen molar-refractivity contribution in [2.75, 3.05) is 18.4 Å². The molecule has 2 aromatic rings. The fourth-order valence-corrected chi connectivity index (χ4v) is 3.11. The molecule has 0 saturated heterocycles. The van der Waals surface area contributed by atoms with Gasteiger partial charge in [-0.25, -0.2) is 4.79 Å². The number of amides is 3. The Hall–Kier alpha value is -2.82. The fourth-order valence-electron chi connectivity index (χ4n) is 3.11. The molecular weight excluding hydrogens is 314 g/mol. The Bertz CT molecular complexity index is 744. The van der Waals surface area contributed by atoms with Crippen molar-refractivity contribution in [2.45, 2.75) is 25.7 Å². The molecule has 3 rings (SSSR count). The van der Waals surface area contributed by atoms with Crippen LogP contribution in [0, 0.1) is 0 Å². The summed E-state index contributed by atoms with van der Waals surface area (Å²) < 4.78 is 0. The maximum absolute atomic E-state index is 12.1. The zero-order chi connectivity index (χ0) is 17.5. The average Bonchev–Trinajstić information content (AvgIpc) is 2.66. The highest BCUT2D eigenvalue weighted by atomic mass is 16.2. The number of nitrogens with one attached hydrogen (secondary N) is 3. The second kappa shape index (κ2) is 8.33. The van der Waals surface area contributed by atoms with Gasteiger partial charge in [0.2, 0.25) is 0 Å². The lowest BCUT2D eigenvalue weighted by Gasteiger charge is -2.19. The van der Waals surface area contributed by atoms with Crippen molar-refractivity contribution < 1.29 is 9.59 Å². The van der Waals surface area contributed by atoms with Crippen LogP contribution >= 0.6 is 0 Å². The molecule has 0 bridgehead atoms. The summed E-state index contributed by atoms with van der Waals surface area (Å²) in [4.78, 5) is 24.0. The first-order valence-electron chi connectivity index (χ1n) is 8.73. The van der Waals surface area contributed by atoms with Crippen LogP contribution in [0.25, 0.3) is 0 Å². The molecule has 1 aliphatic carbocycles. The molecule has 5 nitrogen and oxygen atoms in total. The van der Waals surface area contributed by atoms with Crippen LogP contribution in [0.5, 0.6) is 0 Å². The lowest BCUT2D eigenvalue weighted by Crippen LogP contribution is -2.37. The van der Waals surface area contributed by atoms with E-state index in [4.69, 9.17) is 0 Å². The van der Waals surface area contributed by atoms with Crippen molar-refractivity contribution >= 4 is 17.6 Å². The average molecular weight is 337 g/mol. The lowest BCUT2D eigenvalue weighted by molar-refractivity contribution is 0.0954. The maximum atomic E-state index is 12.1. The third kappa shape index (κ3) is 4.59. The Balaban J connectivity index is 1.44. The lowest BCUT2D eigenvalue weighted by atomic mass is 9.90. The van der Waals surface area contributed by atoms with Crippen LogP contribution in [0.15, 0.2) is 48.5 Å². The molecule has 3 amide bonds. The summed E-state index contributed by atoms with van der Waals surface area (Å²) in [7, 11) is 0. The summed E-state index contributed by atoms with van der Waals surface area (Å²) in [5.41, 5.74) is 4.09. The van der Waals surface area contributed by atoms with Gasteiger partial charge in [-0.15, -0.1) is 0 Å². The van der Waals surface area contributed by atoms with Crippen LogP contribution in [0.1, 0.15) is 34.3 Å². The number of carbonyl (C=O) groups excluding carboxylic acids is 2. The van der Waals surface area contributed by atoms with Gasteiger partial charge in [-0.2, -0.15) is 0 Å². The van der Waals surface area contributed by atoms with Gasteiger partial charge < -0.3 is 16.0 Å². The molecule has 0 radical (unpaired) electrons. The third-order valence-corrected chi connectivity index (χ3v) is 4.38. The number of rotatable bonds is 5. The molecule has 0 aliphatic heterocycles. The number of anilines is 1. The molecule has 5 heteroatoms. The van der Waals surface area contributed by atoms with Gasteiger partial charge in [0.1, 0.15) is 0 Å². The van der Waals surface area contributed by atoms with Crippen LogP contribution in [0.4, 0.5) is 10.5 Å². The van der Waals surface area contributed by atoms with E-state index in [-0.39, 0.29) is 11.9 Å². The van der Waals surface area contributed by atoms with Crippen molar-refractivity contribution in [3.8, 4) is 0 Å². The molecule has 0 heterocycles. The Morgan fingerprint density at radius 1 is 0.840 bits per heavy atom. The SMILES string of the molecule is O=C(NCCNC(=O)c1ccccc1)Nc1cccc2c1CCCC2. The summed E-state index contributed by atoms with van der Waals surface area (Å²) in [6.45, 7) is 0.757. The number of hydrogen-bond donors (Lipinski definition) is 3. The van der Waals surface area contributed by atoms with E-state index < -0.39 is 0 Å². The van der Waals surface area contributed by atoms with Crippen molar-refractivity contribution in [3.05, 3.63) is 65.2 Å². The van der Waals surface area contributed by atoms with E-state index >= 15 is 0 Å². The van der Waals surface area contributed by atoms with E-state index in [1.54, 1.807) is 12.1 Å². The monoisotopic (exact) mass is 337 g/mol. The van der Waals surface area contributed by atoms with Gasteiger partial charge >= 0.3 is 6.03 Å². The minimum atomic E-state index is -0.243. The molecular formula is C20H23N3O2. The Morgan fingerprint density at radius 3 is 2.44 bits per heavy atom. The summed E-state index contributed by atoms with van der Waals surface area (Å²) >= 11 is 0. The van der Waals surface area contributed by atoms with Gasteiger partial charge in [-0.1, -0.05) is 30.3 Å². The number of benzene rings is 2. The zero-order valence-corrected chi connectivity index (χ0v) is 14.2. The van der Waals surface area contributed by atoms with Crippen molar-refractivity contribution in [3.63, 3.8) is 0 Å². The van der Waals surface area contributed by atoms with Crippen LogP contribution in [-0.4, -0.2) is 25.0 Å². The van der Waals surface area contributed by atoms with E-state index in [0.717, 1.165) is 18.5 Å². The van der Waals surface area contributed by atoms with Crippen LogP contribution in [-0.2, 0) is 12.8 Å². The van der Waals surface area contributed by atoms with E-state index in [1.807, 2.05) is 30.3 Å². The Labute approximate surface area is 147 Å². The Kier molecular flexibility index (Phi) is 5.67. The molecule has 2 aromatic carbocycles. The molecule has 3 N–H and O–H groups in total. The molecule has 0 spiro atoms. The molecule has 0 saturated carbocycles. The number of hydrogen-bond acceptors (Lipinski definition) is 2. The van der Waals surface area contributed by atoms with Gasteiger partial charge in [0.25, 0.3) is 5.91 Å². The van der Waals surface area contributed by atoms with Crippen molar-refractivity contribution in [1.29, 1.82) is 0 Å². The maximum Gasteiger partial charge on any atom is 0.319 e. The number of carbonyl (C=O) groups is 2. The van der Waals surface area contributed by atoms with Gasteiger partial charge in [0.15, 0.2) is 0 Å². The first-order valence-corrected chi connectivity index (χ1v) is 8.73. The minimum Gasteiger partial charge on any atom is -0.350 e. The van der Waals surface area contributed by atoms with E-state index in [0.29, 0.717) is 18.7 Å². The predicted octanol–water partition coefficient (Wildman–Crippen LogP) is 3.12. The fraction of sp³-hybridized carbons (Fsp3) is 0.300. The smallest absolute Gasteiger partial charge is 0.319 e. The molecule has 1 aliphatic rings. The van der Waals surface area contributed by atoms with Gasteiger partial charge in [0.05, 0.1) is 0 Å². The summed E-state index contributed by atoms with van der Waals surface area (Å²) in [6.07, 6.45) is 4.47. The van der Waals surface area contributed by atoms with Gasteiger partial charge in [-0.3, -0.25) is 4.79 Å². The summed E-state index contributed by atoms with van der Waals surface area (Å²) in [5.74, 6) is -0.139. The highest BCUT2D eigenvalue weighted by molar-refractivity contribution is 5.94.